The van der Waals surface area contributed by atoms with Gasteiger partial charge in [0.25, 0.3) is 5.91 Å². The Kier molecular flexibility index (Phi) is 8.25. The van der Waals surface area contributed by atoms with Crippen LogP contribution in [0.25, 0.3) is 10.8 Å². The number of hydrogen-bond donors (Lipinski definition) is 1. The summed E-state index contributed by atoms with van der Waals surface area (Å²) in [4.78, 5) is 12.9. The Balaban J connectivity index is 1.26. The maximum absolute atomic E-state index is 12.8. The highest BCUT2D eigenvalue weighted by Crippen LogP contribution is 2.26. The lowest BCUT2D eigenvalue weighted by atomic mass is 10.1. The molecule has 0 bridgehead atoms. The second kappa shape index (κ2) is 11.6. The number of nitrogens with zero attached hydrogens (tertiary/aromatic N) is 1. The van der Waals surface area contributed by atoms with E-state index in [4.69, 9.17) is 9.47 Å². The molecule has 1 aliphatic heterocycles. The molecule has 0 saturated carbocycles. The van der Waals surface area contributed by atoms with Crippen LogP contribution in [0, 0.1) is 0 Å². The van der Waals surface area contributed by atoms with Gasteiger partial charge in [-0.2, -0.15) is 4.31 Å². The van der Waals surface area contributed by atoms with Gasteiger partial charge >= 0.3 is 0 Å². The SMILES string of the molecule is CC[C@@H](Oc1cccc2ccccc12)C(=O)NCCOc1ccc(S(=O)(=O)N2CCCCC2)cc1. The van der Waals surface area contributed by atoms with E-state index in [0.717, 1.165) is 30.0 Å². The molecular formula is C27H32N2O5S. The second-order valence-corrected chi connectivity index (χ2v) is 10.5. The molecule has 1 N–H and O–H groups in total. The minimum Gasteiger partial charge on any atom is -0.492 e. The molecule has 1 fully saturated rings. The van der Waals surface area contributed by atoms with E-state index in [1.807, 2.05) is 49.4 Å². The van der Waals surface area contributed by atoms with Gasteiger partial charge in [-0.3, -0.25) is 4.79 Å². The Morgan fingerprint density at radius 2 is 1.69 bits per heavy atom. The number of carbonyl (C=O) groups excluding carboxylic acids is 1. The molecule has 7 nitrogen and oxygen atoms in total. The van der Waals surface area contributed by atoms with Gasteiger partial charge in [0.2, 0.25) is 10.0 Å². The fraction of sp³-hybridized carbons (Fsp3) is 0.370. The summed E-state index contributed by atoms with van der Waals surface area (Å²) in [5.41, 5.74) is 0. The van der Waals surface area contributed by atoms with Gasteiger partial charge in [0.05, 0.1) is 11.4 Å². The third kappa shape index (κ3) is 6.13. The van der Waals surface area contributed by atoms with Crippen molar-refractivity contribution in [3.05, 3.63) is 66.7 Å². The standard InChI is InChI=1S/C27H32N2O5S/c1-2-25(34-26-12-8-10-21-9-4-5-11-24(21)26)27(30)28-17-20-33-22-13-15-23(16-14-22)35(31,32)29-18-6-3-7-19-29/h4-5,8-16,25H,2-3,6-7,17-20H2,1H3,(H,28,30)/t25-/m1/s1. The number of hydrogen-bond acceptors (Lipinski definition) is 5. The molecule has 3 aromatic carbocycles. The Hall–Kier alpha value is -3.10. The van der Waals surface area contributed by atoms with Crippen molar-refractivity contribution < 1.29 is 22.7 Å². The van der Waals surface area contributed by atoms with E-state index in [2.05, 4.69) is 5.32 Å². The third-order valence-corrected chi connectivity index (χ3v) is 8.04. The van der Waals surface area contributed by atoms with Gasteiger partial charge in [0.1, 0.15) is 18.1 Å². The molecule has 1 amide bonds. The number of nitrogens with one attached hydrogen (secondary N) is 1. The fourth-order valence-corrected chi connectivity index (χ4v) is 5.71. The van der Waals surface area contributed by atoms with Crippen molar-refractivity contribution in [2.24, 2.45) is 0 Å². The van der Waals surface area contributed by atoms with Crippen molar-refractivity contribution in [2.45, 2.75) is 43.6 Å². The monoisotopic (exact) mass is 496 g/mol. The lowest BCUT2D eigenvalue weighted by molar-refractivity contribution is -0.128. The topological polar surface area (TPSA) is 84.9 Å². The number of amides is 1. The van der Waals surface area contributed by atoms with Gasteiger partial charge in [-0.25, -0.2) is 8.42 Å². The second-order valence-electron chi connectivity index (χ2n) is 8.57. The molecule has 1 saturated heterocycles. The highest BCUT2D eigenvalue weighted by atomic mass is 32.2. The number of ether oxygens (including phenoxy) is 2. The van der Waals surface area contributed by atoms with E-state index in [1.54, 1.807) is 28.6 Å². The molecule has 0 spiro atoms. The molecule has 0 aromatic heterocycles. The van der Waals surface area contributed by atoms with E-state index >= 15 is 0 Å². The van der Waals surface area contributed by atoms with E-state index in [1.165, 1.54) is 0 Å². The molecule has 3 aromatic rings. The van der Waals surface area contributed by atoms with Crippen LogP contribution in [0.2, 0.25) is 0 Å². The molecule has 186 valence electrons. The summed E-state index contributed by atoms with van der Waals surface area (Å²) in [7, 11) is -3.46. The van der Waals surface area contributed by atoms with Crippen LogP contribution < -0.4 is 14.8 Å². The van der Waals surface area contributed by atoms with Crippen molar-refractivity contribution in [1.29, 1.82) is 0 Å². The third-order valence-electron chi connectivity index (χ3n) is 6.13. The highest BCUT2D eigenvalue weighted by Gasteiger charge is 2.25. The van der Waals surface area contributed by atoms with Crippen molar-refractivity contribution in [1.82, 2.24) is 9.62 Å². The van der Waals surface area contributed by atoms with Gasteiger partial charge in [0, 0.05) is 18.5 Å². The zero-order valence-electron chi connectivity index (χ0n) is 20.0. The van der Waals surface area contributed by atoms with E-state index in [0.29, 0.717) is 37.6 Å². The summed E-state index contributed by atoms with van der Waals surface area (Å²) >= 11 is 0. The number of rotatable bonds is 10. The fourth-order valence-electron chi connectivity index (χ4n) is 4.19. The minimum absolute atomic E-state index is 0.202. The number of sulfonamides is 1. The van der Waals surface area contributed by atoms with Crippen LogP contribution in [0.15, 0.2) is 71.6 Å². The van der Waals surface area contributed by atoms with Crippen molar-refractivity contribution >= 4 is 26.7 Å². The summed E-state index contributed by atoms with van der Waals surface area (Å²) < 4.78 is 38.8. The molecule has 0 aliphatic carbocycles. The van der Waals surface area contributed by atoms with Crippen LogP contribution in [0.4, 0.5) is 0 Å². The van der Waals surface area contributed by atoms with Crippen LogP contribution in [-0.4, -0.2) is 51.0 Å². The van der Waals surface area contributed by atoms with Gasteiger partial charge in [-0.1, -0.05) is 49.7 Å². The van der Waals surface area contributed by atoms with Crippen LogP contribution in [-0.2, 0) is 14.8 Å². The van der Waals surface area contributed by atoms with Gasteiger partial charge in [-0.15, -0.1) is 0 Å². The average molecular weight is 497 g/mol. The maximum atomic E-state index is 12.8. The molecular weight excluding hydrogens is 464 g/mol. The van der Waals surface area contributed by atoms with Gasteiger partial charge < -0.3 is 14.8 Å². The molecule has 0 radical (unpaired) electrons. The maximum Gasteiger partial charge on any atom is 0.261 e. The Bertz CT molecular complexity index is 1230. The van der Waals surface area contributed by atoms with Crippen LogP contribution in [0.3, 0.4) is 0 Å². The summed E-state index contributed by atoms with van der Waals surface area (Å²) in [5, 5.41) is 4.89. The minimum atomic E-state index is -3.46. The normalized spacial score (nSPS) is 15.5. The first kappa shape index (κ1) is 25.0. The molecule has 1 atom stereocenters. The lowest BCUT2D eigenvalue weighted by Gasteiger charge is -2.25. The first-order chi connectivity index (χ1) is 17.0. The Labute approximate surface area is 207 Å². The zero-order valence-corrected chi connectivity index (χ0v) is 20.8. The predicted molar refractivity (Wildman–Crippen MR) is 136 cm³/mol. The molecule has 35 heavy (non-hydrogen) atoms. The van der Waals surface area contributed by atoms with Crippen molar-refractivity contribution in [3.8, 4) is 11.5 Å². The average Bonchev–Trinajstić information content (AvgIpc) is 2.90. The zero-order chi connectivity index (χ0) is 24.7. The summed E-state index contributed by atoms with van der Waals surface area (Å²) in [6, 6.07) is 20.1. The van der Waals surface area contributed by atoms with Crippen molar-refractivity contribution in [2.75, 3.05) is 26.2 Å². The highest BCUT2D eigenvalue weighted by molar-refractivity contribution is 7.89. The number of benzene rings is 3. The Morgan fingerprint density at radius 3 is 2.43 bits per heavy atom. The summed E-state index contributed by atoms with van der Waals surface area (Å²) in [6.07, 6.45) is 2.79. The first-order valence-corrected chi connectivity index (χ1v) is 13.6. The summed E-state index contributed by atoms with van der Waals surface area (Å²) in [6.45, 7) is 3.62. The molecule has 0 unspecified atom stereocenters. The van der Waals surface area contributed by atoms with Gasteiger partial charge in [-0.05, 0) is 55.0 Å². The molecule has 1 heterocycles. The van der Waals surface area contributed by atoms with Gasteiger partial charge in [0.15, 0.2) is 6.10 Å². The van der Waals surface area contributed by atoms with E-state index in [9.17, 15) is 13.2 Å². The lowest BCUT2D eigenvalue weighted by Crippen LogP contribution is -2.39. The number of piperidine rings is 1. The van der Waals surface area contributed by atoms with E-state index < -0.39 is 16.1 Å². The predicted octanol–water partition coefficient (Wildman–Crippen LogP) is 4.37. The van der Waals surface area contributed by atoms with Crippen molar-refractivity contribution in [3.63, 3.8) is 0 Å². The van der Waals surface area contributed by atoms with Crippen LogP contribution >= 0.6 is 0 Å². The number of fused-ring (bicyclic) bond motifs is 1. The summed E-state index contributed by atoms with van der Waals surface area (Å²) in [5.74, 6) is 1.03. The molecule has 4 rings (SSSR count). The van der Waals surface area contributed by atoms with Crippen LogP contribution in [0.5, 0.6) is 11.5 Å². The first-order valence-electron chi connectivity index (χ1n) is 12.1. The smallest absolute Gasteiger partial charge is 0.261 e. The molecule has 1 aliphatic rings. The largest absolute Gasteiger partial charge is 0.492 e. The quantitative estimate of drug-likeness (QED) is 0.422. The van der Waals surface area contributed by atoms with E-state index in [-0.39, 0.29) is 17.4 Å². The van der Waals surface area contributed by atoms with Crippen LogP contribution in [0.1, 0.15) is 32.6 Å². The molecule has 8 heteroatoms. The number of carbonyl (C=O) groups is 1. The Morgan fingerprint density at radius 1 is 0.971 bits per heavy atom.